The van der Waals surface area contributed by atoms with E-state index < -0.39 is 96.9 Å². The summed E-state index contributed by atoms with van der Waals surface area (Å²) < 4.78 is 5.86. The molecule has 0 aromatic carbocycles. The Morgan fingerprint density at radius 1 is 0.780 bits per heavy atom. The average molecular weight is 712 g/mol. The van der Waals surface area contributed by atoms with Crippen LogP contribution < -0.4 is 21.3 Å². The number of cyclic esters (lactones) is 1. The van der Waals surface area contributed by atoms with E-state index in [4.69, 9.17) is 4.74 Å². The third-order valence-electron chi connectivity index (χ3n) is 9.57. The lowest BCUT2D eigenvalue weighted by Gasteiger charge is -2.39. The van der Waals surface area contributed by atoms with Gasteiger partial charge in [-0.1, -0.05) is 86.0 Å². The number of carbonyl (C=O) groups excluding carboxylic acids is 6. The van der Waals surface area contributed by atoms with Crippen LogP contribution in [0, 0.1) is 17.3 Å². The van der Waals surface area contributed by atoms with Crippen LogP contribution in [0.4, 0.5) is 0 Å². The Hall–Kier alpha value is -3.26. The number of hydrogen-bond acceptors (Lipinski definition) is 9. The van der Waals surface area contributed by atoms with Crippen molar-refractivity contribution in [3.63, 3.8) is 0 Å². The molecule has 1 aliphatic heterocycles. The molecule has 0 aliphatic carbocycles. The standard InChI is InChI=1S/C36H65N5O9/c1-9-11-12-13-14-15-16-17-18-28-36(6,7)35(49)41(8)27(19-23(3)4)33(47)40-30(24(5)10-2)34(48)39-26(22-43)32(46)38-25(21-42)31(45)37-20-29(44)50-28/h23-28,30,42-43H,9-22H2,1-8H3,(H,37,45)(H,38,46)(H,39,48)(H,40,47)/t24-,25+,26+,27+,28-,30+/m1/s1. The molecule has 0 spiro atoms. The highest BCUT2D eigenvalue weighted by molar-refractivity contribution is 5.96. The van der Waals surface area contributed by atoms with Crippen LogP contribution in [0.15, 0.2) is 0 Å². The maximum atomic E-state index is 14.3. The smallest absolute Gasteiger partial charge is 0.325 e. The van der Waals surface area contributed by atoms with Crippen LogP contribution in [0.3, 0.4) is 0 Å². The summed E-state index contributed by atoms with van der Waals surface area (Å²) in [7, 11) is 1.52. The summed E-state index contributed by atoms with van der Waals surface area (Å²) >= 11 is 0. The fourth-order valence-electron chi connectivity index (χ4n) is 6.01. The predicted octanol–water partition coefficient (Wildman–Crippen LogP) is 1.94. The molecule has 14 heteroatoms. The van der Waals surface area contributed by atoms with Crippen molar-refractivity contribution in [3.8, 4) is 0 Å². The summed E-state index contributed by atoms with van der Waals surface area (Å²) in [6.07, 6.45) is 8.58. The minimum Gasteiger partial charge on any atom is -0.460 e. The van der Waals surface area contributed by atoms with Crippen molar-refractivity contribution >= 4 is 35.5 Å². The van der Waals surface area contributed by atoms with Crippen LogP contribution in [-0.4, -0.2) is 108 Å². The van der Waals surface area contributed by atoms with Gasteiger partial charge in [0.15, 0.2) is 0 Å². The number of hydrogen-bond donors (Lipinski definition) is 6. The Morgan fingerprint density at radius 2 is 1.32 bits per heavy atom. The maximum absolute atomic E-state index is 14.3. The Bertz CT molecular complexity index is 1120. The monoisotopic (exact) mass is 711 g/mol. The van der Waals surface area contributed by atoms with Gasteiger partial charge in [-0.2, -0.15) is 0 Å². The number of esters is 1. The van der Waals surface area contributed by atoms with E-state index in [0.29, 0.717) is 19.3 Å². The van der Waals surface area contributed by atoms with Crippen molar-refractivity contribution in [2.75, 3.05) is 26.8 Å². The molecule has 5 amide bonds. The number of nitrogens with one attached hydrogen (secondary N) is 4. The molecule has 288 valence electrons. The largest absolute Gasteiger partial charge is 0.460 e. The zero-order valence-electron chi connectivity index (χ0n) is 31.6. The zero-order valence-corrected chi connectivity index (χ0v) is 31.6. The highest BCUT2D eigenvalue weighted by Crippen LogP contribution is 2.32. The number of amides is 5. The highest BCUT2D eigenvalue weighted by atomic mass is 16.5. The van der Waals surface area contributed by atoms with E-state index in [1.165, 1.54) is 24.8 Å². The molecule has 6 N–H and O–H groups in total. The number of carbonyl (C=O) groups is 6. The Balaban J connectivity index is 3.55. The minimum atomic E-state index is -1.52. The molecule has 0 aromatic heterocycles. The molecule has 1 aliphatic rings. The molecule has 0 saturated carbocycles. The number of rotatable bonds is 15. The molecule has 0 radical (unpaired) electrons. The van der Waals surface area contributed by atoms with Gasteiger partial charge in [0, 0.05) is 7.05 Å². The third kappa shape index (κ3) is 14.2. The molecule has 1 fully saturated rings. The zero-order chi connectivity index (χ0) is 38.0. The lowest BCUT2D eigenvalue weighted by molar-refractivity contribution is -0.165. The Morgan fingerprint density at radius 3 is 1.86 bits per heavy atom. The molecule has 0 bridgehead atoms. The van der Waals surface area contributed by atoms with Gasteiger partial charge in [0.05, 0.1) is 18.6 Å². The highest BCUT2D eigenvalue weighted by Gasteiger charge is 2.44. The van der Waals surface area contributed by atoms with Crippen LogP contribution in [-0.2, 0) is 33.5 Å². The second-order valence-electron chi connectivity index (χ2n) is 14.6. The van der Waals surface area contributed by atoms with Crippen molar-refractivity contribution < 1.29 is 43.7 Å². The van der Waals surface area contributed by atoms with E-state index in [1.54, 1.807) is 20.8 Å². The van der Waals surface area contributed by atoms with E-state index in [0.717, 1.165) is 32.1 Å². The van der Waals surface area contributed by atoms with Gasteiger partial charge in [0.1, 0.15) is 36.8 Å². The van der Waals surface area contributed by atoms with Crippen LogP contribution in [0.25, 0.3) is 0 Å². The van der Waals surface area contributed by atoms with E-state index in [9.17, 15) is 39.0 Å². The van der Waals surface area contributed by atoms with Gasteiger partial charge < -0.3 is 41.1 Å². The molecule has 14 nitrogen and oxygen atoms in total. The quantitative estimate of drug-likeness (QED) is 0.108. The molecular weight excluding hydrogens is 646 g/mol. The van der Waals surface area contributed by atoms with Gasteiger partial charge >= 0.3 is 5.97 Å². The summed E-state index contributed by atoms with van der Waals surface area (Å²) in [4.78, 5) is 82.1. The minimum absolute atomic E-state index is 0.0157. The number of ether oxygens (including phenoxy) is 1. The summed E-state index contributed by atoms with van der Waals surface area (Å²) in [5.41, 5.74) is -1.28. The van der Waals surface area contributed by atoms with Crippen molar-refractivity contribution in [1.29, 1.82) is 0 Å². The molecule has 1 saturated heterocycles. The van der Waals surface area contributed by atoms with Crippen LogP contribution in [0.5, 0.6) is 0 Å². The van der Waals surface area contributed by atoms with Crippen LogP contribution in [0.2, 0.25) is 0 Å². The average Bonchev–Trinajstić information content (AvgIpc) is 3.08. The molecule has 6 atom stereocenters. The van der Waals surface area contributed by atoms with Gasteiger partial charge in [0.2, 0.25) is 29.5 Å². The molecule has 50 heavy (non-hydrogen) atoms. The summed E-state index contributed by atoms with van der Waals surface area (Å²) in [6.45, 7) is 10.6. The fraction of sp³-hybridized carbons (Fsp3) is 0.833. The number of aliphatic hydroxyl groups excluding tert-OH is 2. The molecular formula is C36H65N5O9. The van der Waals surface area contributed by atoms with Gasteiger partial charge in [0.25, 0.3) is 0 Å². The lowest BCUT2D eigenvalue weighted by atomic mass is 9.81. The lowest BCUT2D eigenvalue weighted by Crippen LogP contribution is -2.61. The van der Waals surface area contributed by atoms with Crippen molar-refractivity contribution in [3.05, 3.63) is 0 Å². The Labute approximate surface area is 298 Å². The molecule has 0 unspecified atom stereocenters. The van der Waals surface area contributed by atoms with E-state index in [1.807, 2.05) is 20.8 Å². The van der Waals surface area contributed by atoms with Gasteiger partial charge in [-0.3, -0.25) is 28.8 Å². The van der Waals surface area contributed by atoms with Gasteiger partial charge in [-0.05, 0) is 44.9 Å². The number of unbranched alkanes of at least 4 members (excludes halogenated alkanes) is 7. The first kappa shape index (κ1) is 44.8. The SMILES string of the molecule is CCCCCCCCCC[C@H]1OC(=O)CNC(=O)[C@H](CO)NC(=O)[C@H](CO)NC(=O)[C@H]([C@H](C)CC)NC(=O)[C@H](CC(C)C)N(C)C(=O)C1(C)C. The molecule has 1 rings (SSSR count). The predicted molar refractivity (Wildman–Crippen MR) is 189 cm³/mol. The summed E-state index contributed by atoms with van der Waals surface area (Å²) in [5.74, 6) is -4.84. The molecule has 0 aromatic rings. The second kappa shape index (κ2) is 22.5. The van der Waals surface area contributed by atoms with E-state index >= 15 is 0 Å². The van der Waals surface area contributed by atoms with Gasteiger partial charge in [-0.25, -0.2) is 0 Å². The first-order valence-corrected chi connectivity index (χ1v) is 18.4. The number of nitrogens with zero attached hydrogens (tertiary/aromatic N) is 1. The van der Waals surface area contributed by atoms with E-state index in [2.05, 4.69) is 28.2 Å². The maximum Gasteiger partial charge on any atom is 0.325 e. The summed E-state index contributed by atoms with van der Waals surface area (Å²) in [6, 6.07) is -5.14. The first-order valence-electron chi connectivity index (χ1n) is 18.4. The van der Waals surface area contributed by atoms with Crippen molar-refractivity contribution in [1.82, 2.24) is 26.2 Å². The van der Waals surface area contributed by atoms with Gasteiger partial charge in [-0.15, -0.1) is 0 Å². The first-order chi connectivity index (χ1) is 23.5. The fourth-order valence-corrected chi connectivity index (χ4v) is 6.01. The molecule has 1 heterocycles. The summed E-state index contributed by atoms with van der Waals surface area (Å²) in [5, 5.41) is 29.6. The van der Waals surface area contributed by atoms with Crippen molar-refractivity contribution in [2.24, 2.45) is 17.3 Å². The van der Waals surface area contributed by atoms with Crippen molar-refractivity contribution in [2.45, 2.75) is 149 Å². The van der Waals surface area contributed by atoms with Crippen LogP contribution >= 0.6 is 0 Å². The topological polar surface area (TPSA) is 203 Å². The normalized spacial score (nSPS) is 25.4. The van der Waals surface area contributed by atoms with E-state index in [-0.39, 0.29) is 12.3 Å². The second-order valence-corrected chi connectivity index (χ2v) is 14.6. The Kier molecular flexibility index (Phi) is 20.2. The third-order valence-corrected chi connectivity index (χ3v) is 9.57. The van der Waals surface area contributed by atoms with Crippen LogP contribution in [0.1, 0.15) is 119 Å². The number of likely N-dealkylation sites (N-methyl/N-ethyl adjacent to an activating group) is 1. The number of aliphatic hydroxyl groups is 2.